The van der Waals surface area contributed by atoms with Crippen LogP contribution in [0, 0.1) is 13.8 Å². The molecule has 2 aromatic carbocycles. The fourth-order valence-electron chi connectivity index (χ4n) is 2.64. The van der Waals surface area contributed by atoms with E-state index in [0.717, 1.165) is 32.5 Å². The van der Waals surface area contributed by atoms with Crippen molar-refractivity contribution in [3.05, 3.63) is 63.1 Å². The van der Waals surface area contributed by atoms with Crippen LogP contribution in [0.5, 0.6) is 5.75 Å². The van der Waals surface area contributed by atoms with E-state index in [4.69, 9.17) is 4.74 Å². The second-order valence-corrected chi connectivity index (χ2v) is 6.70. The number of rotatable bonds is 4. The number of hydrogen-bond donors (Lipinski definition) is 1. The van der Waals surface area contributed by atoms with E-state index in [1.165, 1.54) is 0 Å². The Morgan fingerprint density at radius 1 is 1.10 bits per heavy atom. The molecule has 1 atom stereocenters. The summed E-state index contributed by atoms with van der Waals surface area (Å²) in [6.07, 6.45) is 0.499. The maximum atomic E-state index is 10.9. The molecule has 0 heterocycles. The van der Waals surface area contributed by atoms with Gasteiger partial charge in [-0.1, -0.05) is 45.3 Å². The van der Waals surface area contributed by atoms with E-state index in [0.29, 0.717) is 6.42 Å². The Labute approximate surface area is 134 Å². The fraction of sp³-hybridized carbons (Fsp3) is 0.333. The molecule has 0 saturated heterocycles. The maximum absolute atomic E-state index is 10.9. The molecule has 0 spiro atoms. The largest absolute Gasteiger partial charge is 0.496 e. The van der Waals surface area contributed by atoms with E-state index in [2.05, 4.69) is 22.0 Å². The summed E-state index contributed by atoms with van der Waals surface area (Å²) in [5.74, 6) is 0.794. The molecule has 0 fully saturated rings. The normalized spacial score (nSPS) is 13.8. The number of halogens is 1. The molecule has 112 valence electrons. The van der Waals surface area contributed by atoms with Gasteiger partial charge in [0.15, 0.2) is 0 Å². The van der Waals surface area contributed by atoms with Crippen molar-refractivity contribution < 1.29 is 9.84 Å². The van der Waals surface area contributed by atoms with Gasteiger partial charge in [0.05, 0.1) is 12.7 Å². The minimum Gasteiger partial charge on any atom is -0.496 e. The lowest BCUT2D eigenvalue weighted by atomic mass is 9.87. The Bertz CT molecular complexity index is 627. The maximum Gasteiger partial charge on any atom is 0.122 e. The van der Waals surface area contributed by atoms with Crippen LogP contribution in [0.15, 0.2) is 40.9 Å². The predicted molar refractivity (Wildman–Crippen MR) is 89.9 cm³/mol. The predicted octanol–water partition coefficient (Wildman–Crippen LogP) is 4.52. The van der Waals surface area contributed by atoms with Crippen LogP contribution in [0.2, 0.25) is 0 Å². The van der Waals surface area contributed by atoms with E-state index in [1.807, 2.05) is 51.1 Å². The molecule has 0 aromatic heterocycles. The molecule has 0 bridgehead atoms. The summed E-state index contributed by atoms with van der Waals surface area (Å²) in [7, 11) is 1.65. The average molecular weight is 349 g/mol. The van der Waals surface area contributed by atoms with Crippen molar-refractivity contribution in [1.82, 2.24) is 0 Å². The zero-order valence-electron chi connectivity index (χ0n) is 12.9. The summed E-state index contributed by atoms with van der Waals surface area (Å²) in [6.45, 7) is 5.94. The lowest BCUT2D eigenvalue weighted by Gasteiger charge is -2.26. The molecule has 0 radical (unpaired) electrons. The molecule has 0 aliphatic heterocycles. The summed E-state index contributed by atoms with van der Waals surface area (Å²) in [4.78, 5) is 0. The van der Waals surface area contributed by atoms with E-state index in [9.17, 15) is 5.11 Å². The Morgan fingerprint density at radius 2 is 1.71 bits per heavy atom. The van der Waals surface area contributed by atoms with Crippen LogP contribution in [0.1, 0.15) is 29.2 Å². The monoisotopic (exact) mass is 348 g/mol. The second kappa shape index (κ2) is 6.20. The van der Waals surface area contributed by atoms with Crippen molar-refractivity contribution in [2.24, 2.45) is 0 Å². The van der Waals surface area contributed by atoms with Gasteiger partial charge >= 0.3 is 0 Å². The first kappa shape index (κ1) is 16.1. The van der Waals surface area contributed by atoms with Crippen molar-refractivity contribution in [2.45, 2.75) is 32.8 Å². The van der Waals surface area contributed by atoms with Crippen LogP contribution in [0.25, 0.3) is 0 Å². The lowest BCUT2D eigenvalue weighted by Crippen LogP contribution is -2.25. The van der Waals surface area contributed by atoms with Crippen molar-refractivity contribution in [2.75, 3.05) is 7.11 Å². The number of methoxy groups -OCH3 is 1. The van der Waals surface area contributed by atoms with Gasteiger partial charge in [-0.25, -0.2) is 0 Å². The lowest BCUT2D eigenvalue weighted by molar-refractivity contribution is 0.0568. The van der Waals surface area contributed by atoms with Crippen molar-refractivity contribution in [3.8, 4) is 5.75 Å². The highest BCUT2D eigenvalue weighted by molar-refractivity contribution is 9.10. The molecule has 0 aliphatic carbocycles. The SMILES string of the molecule is COc1ccc(Br)cc1CC(C)(O)c1cc(C)cc(C)c1. The van der Waals surface area contributed by atoms with Crippen molar-refractivity contribution in [1.29, 1.82) is 0 Å². The second-order valence-electron chi connectivity index (χ2n) is 5.78. The Balaban J connectivity index is 2.38. The highest BCUT2D eigenvalue weighted by atomic mass is 79.9. The highest BCUT2D eigenvalue weighted by Crippen LogP contribution is 2.32. The Morgan fingerprint density at radius 3 is 2.29 bits per heavy atom. The standard InChI is InChI=1S/C18H21BrO2/c1-12-7-13(2)9-15(8-12)18(3,20)11-14-10-16(19)5-6-17(14)21-4/h5-10,20H,11H2,1-4H3. The summed E-state index contributed by atoms with van der Waals surface area (Å²) in [5, 5.41) is 10.9. The van der Waals surface area contributed by atoms with Crippen LogP contribution < -0.4 is 4.74 Å². The molecule has 0 saturated carbocycles. The zero-order valence-corrected chi connectivity index (χ0v) is 14.5. The molecule has 21 heavy (non-hydrogen) atoms. The Hall–Kier alpha value is -1.32. The van der Waals surface area contributed by atoms with Gasteiger partial charge < -0.3 is 9.84 Å². The third kappa shape index (κ3) is 3.86. The summed E-state index contributed by atoms with van der Waals surface area (Å²) < 4.78 is 6.38. The van der Waals surface area contributed by atoms with E-state index >= 15 is 0 Å². The van der Waals surface area contributed by atoms with Gasteiger partial charge in [0.2, 0.25) is 0 Å². The molecule has 2 aromatic rings. The first-order chi connectivity index (χ1) is 9.81. The van der Waals surface area contributed by atoms with E-state index < -0.39 is 5.60 Å². The molecule has 1 N–H and O–H groups in total. The molecular weight excluding hydrogens is 328 g/mol. The van der Waals surface area contributed by atoms with E-state index in [-0.39, 0.29) is 0 Å². The highest BCUT2D eigenvalue weighted by Gasteiger charge is 2.25. The van der Waals surface area contributed by atoms with Gasteiger partial charge in [-0.15, -0.1) is 0 Å². The van der Waals surface area contributed by atoms with Gasteiger partial charge in [0.25, 0.3) is 0 Å². The van der Waals surface area contributed by atoms with Gasteiger partial charge in [-0.05, 0) is 50.1 Å². The molecule has 0 amide bonds. The zero-order chi connectivity index (χ0) is 15.6. The summed E-state index contributed by atoms with van der Waals surface area (Å²) in [5.41, 5.74) is 3.29. The molecule has 3 heteroatoms. The van der Waals surface area contributed by atoms with Crippen molar-refractivity contribution in [3.63, 3.8) is 0 Å². The first-order valence-electron chi connectivity index (χ1n) is 6.95. The van der Waals surface area contributed by atoms with Gasteiger partial charge in [-0.2, -0.15) is 0 Å². The van der Waals surface area contributed by atoms with Crippen molar-refractivity contribution >= 4 is 15.9 Å². The van der Waals surface area contributed by atoms with Crippen LogP contribution in [-0.4, -0.2) is 12.2 Å². The molecule has 2 nitrogen and oxygen atoms in total. The summed E-state index contributed by atoms with van der Waals surface area (Å²) >= 11 is 3.48. The minimum absolute atomic E-state index is 0.499. The minimum atomic E-state index is -0.940. The molecule has 2 rings (SSSR count). The number of hydrogen-bond acceptors (Lipinski definition) is 2. The third-order valence-electron chi connectivity index (χ3n) is 3.62. The van der Waals surface area contributed by atoms with Gasteiger partial charge in [-0.3, -0.25) is 0 Å². The molecule has 0 aliphatic rings. The smallest absolute Gasteiger partial charge is 0.122 e. The number of aryl methyl sites for hydroxylation is 2. The van der Waals surface area contributed by atoms with Gasteiger partial charge in [0.1, 0.15) is 5.75 Å². The van der Waals surface area contributed by atoms with Crippen LogP contribution in [-0.2, 0) is 12.0 Å². The van der Waals surface area contributed by atoms with Gasteiger partial charge in [0, 0.05) is 10.9 Å². The topological polar surface area (TPSA) is 29.5 Å². The van der Waals surface area contributed by atoms with E-state index in [1.54, 1.807) is 7.11 Å². The van der Waals surface area contributed by atoms with Crippen LogP contribution in [0.3, 0.4) is 0 Å². The van der Waals surface area contributed by atoms with Crippen LogP contribution in [0.4, 0.5) is 0 Å². The fourth-order valence-corrected chi connectivity index (χ4v) is 3.05. The third-order valence-corrected chi connectivity index (χ3v) is 4.11. The van der Waals surface area contributed by atoms with Crippen LogP contribution >= 0.6 is 15.9 Å². The quantitative estimate of drug-likeness (QED) is 0.879. The molecular formula is C18H21BrO2. The summed E-state index contributed by atoms with van der Waals surface area (Å²) in [6, 6.07) is 12.0. The number of aliphatic hydroxyl groups is 1. The Kier molecular flexibility index (Phi) is 4.74. The number of benzene rings is 2. The first-order valence-corrected chi connectivity index (χ1v) is 7.75. The number of ether oxygens (including phenoxy) is 1. The molecule has 1 unspecified atom stereocenters. The average Bonchev–Trinajstić information content (AvgIpc) is 2.37.